The van der Waals surface area contributed by atoms with Crippen LogP contribution in [-0.4, -0.2) is 30.6 Å². The largest absolute Gasteiger partial charge is 0.379 e. The fourth-order valence-electron chi connectivity index (χ4n) is 1.89. The van der Waals surface area contributed by atoms with Crippen LogP contribution in [-0.2, 0) is 14.3 Å². The molecule has 0 aromatic heterocycles. The summed E-state index contributed by atoms with van der Waals surface area (Å²) in [5, 5.41) is 5.39. The number of carbonyl (C=O) groups excluding carboxylic acids is 2. The van der Waals surface area contributed by atoms with Gasteiger partial charge in [-0.15, -0.1) is 0 Å². The average Bonchev–Trinajstić information content (AvgIpc) is 2.77. The SMILES string of the molecule is CC(=O)Nc1cccc(NC(=O)C2(N)CCOC2)c1. The first-order valence-electron chi connectivity index (χ1n) is 6.05. The van der Waals surface area contributed by atoms with Crippen molar-refractivity contribution < 1.29 is 14.3 Å². The zero-order valence-corrected chi connectivity index (χ0v) is 10.7. The fourth-order valence-corrected chi connectivity index (χ4v) is 1.89. The molecular weight excluding hydrogens is 246 g/mol. The summed E-state index contributed by atoms with van der Waals surface area (Å²) < 4.78 is 5.15. The van der Waals surface area contributed by atoms with Crippen molar-refractivity contribution in [2.75, 3.05) is 23.8 Å². The highest BCUT2D eigenvalue weighted by molar-refractivity contribution is 5.99. The van der Waals surface area contributed by atoms with Crippen molar-refractivity contribution in [1.29, 1.82) is 0 Å². The Labute approximate surface area is 111 Å². The lowest BCUT2D eigenvalue weighted by Gasteiger charge is -2.20. The fraction of sp³-hybridized carbons (Fsp3) is 0.385. The van der Waals surface area contributed by atoms with Crippen LogP contribution < -0.4 is 16.4 Å². The minimum absolute atomic E-state index is 0.164. The van der Waals surface area contributed by atoms with Crippen molar-refractivity contribution in [2.45, 2.75) is 18.9 Å². The number of rotatable bonds is 3. The molecule has 4 N–H and O–H groups in total. The minimum Gasteiger partial charge on any atom is -0.379 e. The van der Waals surface area contributed by atoms with Crippen LogP contribution in [0.5, 0.6) is 0 Å². The van der Waals surface area contributed by atoms with Crippen molar-refractivity contribution in [3.05, 3.63) is 24.3 Å². The lowest BCUT2D eigenvalue weighted by atomic mass is 9.99. The molecule has 2 rings (SSSR count). The van der Waals surface area contributed by atoms with Gasteiger partial charge in [-0.2, -0.15) is 0 Å². The number of hydrogen-bond donors (Lipinski definition) is 3. The number of carbonyl (C=O) groups is 2. The number of amides is 2. The van der Waals surface area contributed by atoms with Crippen molar-refractivity contribution >= 4 is 23.2 Å². The molecule has 0 saturated carbocycles. The molecular formula is C13H17N3O3. The normalized spacial score (nSPS) is 22.0. The molecule has 102 valence electrons. The van der Waals surface area contributed by atoms with Gasteiger partial charge in [-0.3, -0.25) is 9.59 Å². The molecule has 0 spiro atoms. The Bertz CT molecular complexity index is 496. The van der Waals surface area contributed by atoms with Crippen molar-refractivity contribution in [1.82, 2.24) is 0 Å². The number of nitrogens with two attached hydrogens (primary N) is 1. The van der Waals surface area contributed by atoms with Gasteiger partial charge in [-0.25, -0.2) is 0 Å². The highest BCUT2D eigenvalue weighted by atomic mass is 16.5. The smallest absolute Gasteiger partial charge is 0.246 e. The van der Waals surface area contributed by atoms with E-state index in [-0.39, 0.29) is 18.4 Å². The van der Waals surface area contributed by atoms with Crippen LogP contribution in [0.2, 0.25) is 0 Å². The summed E-state index contributed by atoms with van der Waals surface area (Å²) >= 11 is 0. The summed E-state index contributed by atoms with van der Waals surface area (Å²) in [5.41, 5.74) is 6.21. The Kier molecular flexibility index (Phi) is 3.82. The summed E-state index contributed by atoms with van der Waals surface area (Å²) in [7, 11) is 0. The summed E-state index contributed by atoms with van der Waals surface area (Å²) in [6, 6.07) is 6.91. The molecule has 1 unspecified atom stereocenters. The predicted octanol–water partition coefficient (Wildman–Crippen LogP) is 0.701. The van der Waals surface area contributed by atoms with Gasteiger partial charge in [0, 0.05) is 24.9 Å². The molecule has 6 heteroatoms. The maximum absolute atomic E-state index is 12.1. The van der Waals surface area contributed by atoms with E-state index in [9.17, 15) is 9.59 Å². The molecule has 1 aliphatic rings. The molecule has 1 aromatic rings. The van der Waals surface area contributed by atoms with E-state index < -0.39 is 5.54 Å². The second-order valence-electron chi connectivity index (χ2n) is 4.67. The molecule has 1 heterocycles. The Morgan fingerprint density at radius 1 is 1.32 bits per heavy atom. The maximum atomic E-state index is 12.1. The third kappa shape index (κ3) is 3.30. The second-order valence-corrected chi connectivity index (χ2v) is 4.67. The molecule has 1 fully saturated rings. The first-order valence-corrected chi connectivity index (χ1v) is 6.05. The number of benzene rings is 1. The Morgan fingerprint density at radius 2 is 2.00 bits per heavy atom. The first-order chi connectivity index (χ1) is 8.99. The summed E-state index contributed by atoms with van der Waals surface area (Å²) in [5.74, 6) is -0.437. The lowest BCUT2D eigenvalue weighted by molar-refractivity contribution is -0.121. The van der Waals surface area contributed by atoms with E-state index in [1.54, 1.807) is 24.3 Å². The quantitative estimate of drug-likeness (QED) is 0.748. The average molecular weight is 263 g/mol. The van der Waals surface area contributed by atoms with Crippen molar-refractivity contribution in [3.8, 4) is 0 Å². The van der Waals surface area contributed by atoms with E-state index in [1.807, 2.05) is 0 Å². The molecule has 19 heavy (non-hydrogen) atoms. The van der Waals surface area contributed by atoms with E-state index in [0.29, 0.717) is 24.4 Å². The predicted molar refractivity (Wildman–Crippen MR) is 71.7 cm³/mol. The molecule has 1 aliphatic heterocycles. The summed E-state index contributed by atoms with van der Waals surface area (Å²) in [6.07, 6.45) is 0.504. The monoisotopic (exact) mass is 263 g/mol. The zero-order valence-electron chi connectivity index (χ0n) is 10.7. The van der Waals surface area contributed by atoms with E-state index >= 15 is 0 Å². The summed E-state index contributed by atoms with van der Waals surface area (Å²) in [4.78, 5) is 23.0. The van der Waals surface area contributed by atoms with Gasteiger partial charge < -0.3 is 21.1 Å². The first kappa shape index (κ1) is 13.5. The molecule has 1 atom stereocenters. The van der Waals surface area contributed by atoms with E-state index in [1.165, 1.54) is 6.92 Å². The number of nitrogens with one attached hydrogen (secondary N) is 2. The highest BCUT2D eigenvalue weighted by Crippen LogP contribution is 2.20. The molecule has 0 aliphatic carbocycles. The molecule has 1 saturated heterocycles. The molecule has 6 nitrogen and oxygen atoms in total. The van der Waals surface area contributed by atoms with Gasteiger partial charge in [0.05, 0.1) is 6.61 Å². The molecule has 0 bridgehead atoms. The Balaban J connectivity index is 2.06. The third-order valence-corrected chi connectivity index (χ3v) is 2.95. The van der Waals surface area contributed by atoms with Gasteiger partial charge in [-0.05, 0) is 24.6 Å². The lowest BCUT2D eigenvalue weighted by Crippen LogP contribution is -2.51. The van der Waals surface area contributed by atoms with Crippen molar-refractivity contribution in [3.63, 3.8) is 0 Å². The van der Waals surface area contributed by atoms with E-state index in [2.05, 4.69) is 10.6 Å². The minimum atomic E-state index is -0.968. The van der Waals surface area contributed by atoms with Crippen LogP contribution in [0, 0.1) is 0 Å². The van der Waals surface area contributed by atoms with Gasteiger partial charge in [0.2, 0.25) is 11.8 Å². The molecule has 1 aromatic carbocycles. The Morgan fingerprint density at radius 3 is 2.58 bits per heavy atom. The molecule has 0 radical (unpaired) electrons. The van der Waals surface area contributed by atoms with Crippen LogP contribution in [0.25, 0.3) is 0 Å². The zero-order chi connectivity index (χ0) is 13.9. The van der Waals surface area contributed by atoms with Crippen LogP contribution in [0.3, 0.4) is 0 Å². The highest BCUT2D eigenvalue weighted by Gasteiger charge is 2.38. The van der Waals surface area contributed by atoms with Gasteiger partial charge in [-0.1, -0.05) is 6.07 Å². The van der Waals surface area contributed by atoms with Crippen molar-refractivity contribution in [2.24, 2.45) is 5.73 Å². The Hall–Kier alpha value is -1.92. The topological polar surface area (TPSA) is 93.5 Å². The standard InChI is InChI=1S/C13H17N3O3/c1-9(17)15-10-3-2-4-11(7-10)16-12(18)13(14)5-6-19-8-13/h2-4,7H,5-6,8,14H2,1H3,(H,15,17)(H,16,18). The number of hydrogen-bond acceptors (Lipinski definition) is 4. The third-order valence-electron chi connectivity index (χ3n) is 2.95. The number of anilines is 2. The van der Waals surface area contributed by atoms with E-state index in [0.717, 1.165) is 0 Å². The van der Waals surface area contributed by atoms with Crippen LogP contribution >= 0.6 is 0 Å². The van der Waals surface area contributed by atoms with Gasteiger partial charge in [0.25, 0.3) is 0 Å². The van der Waals surface area contributed by atoms with Gasteiger partial charge in [0.1, 0.15) is 5.54 Å². The van der Waals surface area contributed by atoms with E-state index in [4.69, 9.17) is 10.5 Å². The molecule has 2 amide bonds. The maximum Gasteiger partial charge on any atom is 0.246 e. The van der Waals surface area contributed by atoms with Gasteiger partial charge in [0.15, 0.2) is 0 Å². The summed E-state index contributed by atoms with van der Waals surface area (Å²) in [6.45, 7) is 2.15. The van der Waals surface area contributed by atoms with Gasteiger partial charge >= 0.3 is 0 Å². The van der Waals surface area contributed by atoms with Crippen LogP contribution in [0.1, 0.15) is 13.3 Å². The second kappa shape index (κ2) is 5.38. The number of ether oxygens (including phenoxy) is 1. The van der Waals surface area contributed by atoms with Crippen LogP contribution in [0.4, 0.5) is 11.4 Å². The van der Waals surface area contributed by atoms with Crippen LogP contribution in [0.15, 0.2) is 24.3 Å².